The van der Waals surface area contributed by atoms with Crippen LogP contribution < -0.4 is 10.6 Å². The van der Waals surface area contributed by atoms with E-state index in [4.69, 9.17) is 4.74 Å². The van der Waals surface area contributed by atoms with Crippen molar-refractivity contribution >= 4 is 12.0 Å². The molecule has 1 fully saturated rings. The molecule has 1 heterocycles. The Morgan fingerprint density at radius 3 is 2.80 bits per heavy atom. The number of carbonyl (C=O) groups excluding carboxylic acids is 2. The second kappa shape index (κ2) is 7.13. The summed E-state index contributed by atoms with van der Waals surface area (Å²) in [7, 11) is 0. The maximum absolute atomic E-state index is 12.1. The number of carbonyl (C=O) groups is 2. The van der Waals surface area contributed by atoms with Crippen molar-refractivity contribution in [1.29, 1.82) is 0 Å². The summed E-state index contributed by atoms with van der Waals surface area (Å²) in [5.41, 5.74) is 0. The maximum atomic E-state index is 12.1. The summed E-state index contributed by atoms with van der Waals surface area (Å²) in [6, 6.07) is -1.02. The Morgan fingerprint density at radius 2 is 2.20 bits per heavy atom. The molecule has 0 bridgehead atoms. The summed E-state index contributed by atoms with van der Waals surface area (Å²) >= 11 is 0. The lowest BCUT2D eigenvalue weighted by Crippen LogP contribution is -2.60. The minimum atomic E-state index is -4.49. The first-order valence-corrected chi connectivity index (χ1v) is 5.94. The predicted molar refractivity (Wildman–Crippen MR) is 64.0 cm³/mol. The highest BCUT2D eigenvalue weighted by molar-refractivity contribution is 5.86. The zero-order valence-corrected chi connectivity index (χ0v) is 10.7. The zero-order valence-electron chi connectivity index (χ0n) is 10.7. The van der Waals surface area contributed by atoms with Gasteiger partial charge in [-0.3, -0.25) is 9.69 Å². The number of nitrogens with one attached hydrogen (secondary N) is 2. The SMILES string of the molecule is C=CCOC(=O)N1CCNCC1C(=O)NCC(F)(F)F. The van der Waals surface area contributed by atoms with Crippen molar-refractivity contribution in [2.75, 3.05) is 32.8 Å². The van der Waals surface area contributed by atoms with Gasteiger partial charge in [0.2, 0.25) is 5.91 Å². The minimum Gasteiger partial charge on any atom is -0.445 e. The van der Waals surface area contributed by atoms with Crippen LogP contribution in [0.3, 0.4) is 0 Å². The first-order chi connectivity index (χ1) is 9.35. The number of nitrogens with zero attached hydrogens (tertiary/aromatic N) is 1. The molecule has 0 spiro atoms. The summed E-state index contributed by atoms with van der Waals surface area (Å²) in [6.45, 7) is 2.61. The number of hydrogen-bond donors (Lipinski definition) is 2. The van der Waals surface area contributed by atoms with E-state index in [0.717, 1.165) is 4.90 Å². The van der Waals surface area contributed by atoms with Crippen LogP contribution in [0.15, 0.2) is 12.7 Å². The number of hydrogen-bond acceptors (Lipinski definition) is 4. The molecule has 1 aliphatic heterocycles. The number of rotatable bonds is 4. The molecule has 0 saturated carbocycles. The molecule has 1 rings (SSSR count). The highest BCUT2D eigenvalue weighted by Crippen LogP contribution is 2.13. The molecule has 1 aliphatic rings. The smallest absolute Gasteiger partial charge is 0.410 e. The number of halogens is 3. The van der Waals surface area contributed by atoms with Gasteiger partial charge in [0.1, 0.15) is 19.2 Å². The molecule has 1 atom stereocenters. The number of amides is 2. The van der Waals surface area contributed by atoms with E-state index < -0.39 is 30.8 Å². The van der Waals surface area contributed by atoms with Crippen LogP contribution in [0.5, 0.6) is 0 Å². The normalized spacial score (nSPS) is 19.4. The highest BCUT2D eigenvalue weighted by Gasteiger charge is 2.35. The van der Waals surface area contributed by atoms with Crippen LogP contribution >= 0.6 is 0 Å². The van der Waals surface area contributed by atoms with E-state index >= 15 is 0 Å². The van der Waals surface area contributed by atoms with Crippen LogP contribution in [-0.4, -0.2) is 61.9 Å². The Morgan fingerprint density at radius 1 is 1.50 bits per heavy atom. The molecule has 20 heavy (non-hydrogen) atoms. The fourth-order valence-corrected chi connectivity index (χ4v) is 1.68. The van der Waals surface area contributed by atoms with E-state index in [0.29, 0.717) is 6.54 Å². The predicted octanol–water partition coefficient (Wildman–Crippen LogP) is 0.261. The quantitative estimate of drug-likeness (QED) is 0.730. The van der Waals surface area contributed by atoms with Gasteiger partial charge in [0, 0.05) is 19.6 Å². The summed E-state index contributed by atoms with van der Waals surface area (Å²) in [5.74, 6) is -0.870. The lowest BCUT2D eigenvalue weighted by atomic mass is 10.2. The fourth-order valence-electron chi connectivity index (χ4n) is 1.68. The van der Waals surface area contributed by atoms with Gasteiger partial charge in [-0.25, -0.2) is 4.79 Å². The topological polar surface area (TPSA) is 70.7 Å². The van der Waals surface area contributed by atoms with Gasteiger partial charge in [0.25, 0.3) is 0 Å². The van der Waals surface area contributed by atoms with Gasteiger partial charge in [0.15, 0.2) is 0 Å². The van der Waals surface area contributed by atoms with E-state index in [1.165, 1.54) is 6.08 Å². The molecule has 0 radical (unpaired) electrons. The summed E-state index contributed by atoms with van der Waals surface area (Å²) in [5, 5.41) is 4.60. The molecule has 6 nitrogen and oxygen atoms in total. The monoisotopic (exact) mass is 295 g/mol. The van der Waals surface area contributed by atoms with Gasteiger partial charge < -0.3 is 15.4 Å². The largest absolute Gasteiger partial charge is 0.445 e. The highest BCUT2D eigenvalue weighted by atomic mass is 19.4. The van der Waals surface area contributed by atoms with Gasteiger partial charge in [-0.1, -0.05) is 12.7 Å². The van der Waals surface area contributed by atoms with Crippen molar-refractivity contribution < 1.29 is 27.5 Å². The number of piperazine rings is 1. The van der Waals surface area contributed by atoms with Crippen molar-refractivity contribution in [1.82, 2.24) is 15.5 Å². The molecule has 0 aromatic heterocycles. The lowest BCUT2D eigenvalue weighted by molar-refractivity contribution is -0.141. The Bertz CT molecular complexity index is 374. The van der Waals surface area contributed by atoms with Crippen LogP contribution in [-0.2, 0) is 9.53 Å². The molecule has 2 amide bonds. The van der Waals surface area contributed by atoms with Crippen LogP contribution in [0.2, 0.25) is 0 Å². The maximum Gasteiger partial charge on any atom is 0.410 e. The second-order valence-electron chi connectivity index (χ2n) is 4.11. The van der Waals surface area contributed by atoms with Crippen LogP contribution in [0, 0.1) is 0 Å². The van der Waals surface area contributed by atoms with Gasteiger partial charge in [-0.15, -0.1) is 0 Å². The van der Waals surface area contributed by atoms with Crippen LogP contribution in [0.1, 0.15) is 0 Å². The third-order valence-electron chi connectivity index (χ3n) is 2.57. The Balaban J connectivity index is 2.61. The Kier molecular flexibility index (Phi) is 5.81. The summed E-state index contributed by atoms with van der Waals surface area (Å²) < 4.78 is 41.0. The van der Waals surface area contributed by atoms with Crippen molar-refractivity contribution in [2.24, 2.45) is 0 Å². The molecule has 0 aliphatic carbocycles. The van der Waals surface area contributed by atoms with E-state index in [1.54, 1.807) is 5.32 Å². The lowest BCUT2D eigenvalue weighted by Gasteiger charge is -2.34. The molecule has 114 valence electrons. The van der Waals surface area contributed by atoms with Crippen molar-refractivity contribution in [2.45, 2.75) is 12.2 Å². The number of ether oxygens (including phenoxy) is 1. The third kappa shape index (κ3) is 5.08. The average molecular weight is 295 g/mol. The average Bonchev–Trinajstić information content (AvgIpc) is 2.41. The Labute approximate surface area is 113 Å². The third-order valence-corrected chi connectivity index (χ3v) is 2.57. The molecule has 1 saturated heterocycles. The molecule has 2 N–H and O–H groups in total. The van der Waals surface area contributed by atoms with E-state index in [2.05, 4.69) is 11.9 Å². The zero-order chi connectivity index (χ0) is 15.2. The van der Waals surface area contributed by atoms with Crippen molar-refractivity contribution in [3.8, 4) is 0 Å². The molecule has 0 aromatic rings. The van der Waals surface area contributed by atoms with Crippen LogP contribution in [0.4, 0.5) is 18.0 Å². The van der Waals surface area contributed by atoms with E-state index in [9.17, 15) is 22.8 Å². The second-order valence-corrected chi connectivity index (χ2v) is 4.11. The van der Waals surface area contributed by atoms with Gasteiger partial charge >= 0.3 is 12.3 Å². The Hall–Kier alpha value is -1.77. The van der Waals surface area contributed by atoms with Gasteiger partial charge in [-0.05, 0) is 0 Å². The number of alkyl halides is 3. The standard InChI is InChI=1S/C11H16F3N3O3/c1-2-5-20-10(19)17-4-3-15-6-8(17)9(18)16-7-11(12,13)14/h2,8,15H,1,3-7H2,(H,16,18). The molecular formula is C11H16F3N3O3. The van der Waals surface area contributed by atoms with E-state index in [-0.39, 0.29) is 19.7 Å². The molecule has 1 unspecified atom stereocenters. The fraction of sp³-hybridized carbons (Fsp3) is 0.636. The summed E-state index contributed by atoms with van der Waals surface area (Å²) in [6.07, 6.45) is -3.89. The molecular weight excluding hydrogens is 279 g/mol. The molecule has 9 heteroatoms. The van der Waals surface area contributed by atoms with Crippen molar-refractivity contribution in [3.05, 3.63) is 12.7 Å². The first-order valence-electron chi connectivity index (χ1n) is 5.94. The molecule has 0 aromatic carbocycles. The minimum absolute atomic E-state index is 0.0281. The van der Waals surface area contributed by atoms with Gasteiger partial charge in [0.05, 0.1) is 0 Å². The first kappa shape index (κ1) is 16.3. The van der Waals surface area contributed by atoms with E-state index in [1.807, 2.05) is 0 Å². The van der Waals surface area contributed by atoms with Crippen LogP contribution in [0.25, 0.3) is 0 Å². The van der Waals surface area contributed by atoms with Gasteiger partial charge in [-0.2, -0.15) is 13.2 Å². The summed E-state index contributed by atoms with van der Waals surface area (Å²) in [4.78, 5) is 24.5. The van der Waals surface area contributed by atoms with Crippen molar-refractivity contribution in [3.63, 3.8) is 0 Å².